The fraction of sp³-hybridized carbons (Fsp3) is 0.286. The third-order valence-corrected chi connectivity index (χ3v) is 1.05. The molecule has 0 aromatic carbocycles. The topological polar surface area (TPSA) is 62.2 Å². The molecule has 4 heteroatoms. The van der Waals surface area contributed by atoms with Gasteiger partial charge in [-0.1, -0.05) is 0 Å². The Bertz CT molecular complexity index is 209. The molecule has 0 bridgehead atoms. The van der Waals surface area contributed by atoms with Crippen LogP contribution < -0.4 is 4.74 Å². The van der Waals surface area contributed by atoms with E-state index in [2.05, 4.69) is 4.98 Å². The average Bonchev–Trinajstić information content (AvgIpc) is 2.04. The third kappa shape index (κ3) is 2.43. The van der Waals surface area contributed by atoms with Crippen molar-refractivity contribution in [2.75, 3.05) is 13.2 Å². The predicted octanol–water partition coefficient (Wildman–Crippen LogP) is 0.596. The summed E-state index contributed by atoms with van der Waals surface area (Å²) in [6.07, 6.45) is 1.17. The lowest BCUT2D eigenvalue weighted by Gasteiger charge is -2.00. The quantitative estimate of drug-likeness (QED) is 0.693. The molecule has 59 valence electrons. The molecule has 4 nitrogen and oxygen atoms in total. The normalized spacial score (nSPS) is 9.55. The van der Waals surface area contributed by atoms with Gasteiger partial charge in [0.1, 0.15) is 6.61 Å². The molecule has 1 aromatic heterocycles. The summed E-state index contributed by atoms with van der Waals surface area (Å²) in [5, 5.41) is 18.9. The molecule has 0 atom stereocenters. The van der Waals surface area contributed by atoms with E-state index in [0.717, 1.165) is 0 Å². The lowest BCUT2D eigenvalue weighted by atomic mass is 10.4. The molecule has 1 aromatic rings. The lowest BCUT2D eigenvalue weighted by molar-refractivity contribution is 0.196. The minimum Gasteiger partial charge on any atom is -0.475 e. The minimum atomic E-state index is -0.152. The summed E-state index contributed by atoms with van der Waals surface area (Å²) in [6.45, 7) is 0.145. The van der Waals surface area contributed by atoms with Crippen LogP contribution in [0.4, 0.5) is 0 Å². The molecule has 1 N–H and O–H groups in total. The van der Waals surface area contributed by atoms with Crippen LogP contribution in [0.15, 0.2) is 18.3 Å². The first kappa shape index (κ1) is 7.81. The summed E-state index contributed by atoms with van der Waals surface area (Å²) in [7, 11) is 0. The standard InChI is InChI=1S/C7H8NO3/c9-3-4-11-7-2-1-6(10)5-8-7/h1-2,5,9H,3-4H2. The van der Waals surface area contributed by atoms with Gasteiger partial charge in [0, 0.05) is 6.07 Å². The second kappa shape index (κ2) is 3.78. The second-order valence-corrected chi connectivity index (χ2v) is 1.90. The monoisotopic (exact) mass is 154 g/mol. The number of pyridine rings is 1. The molecular formula is C7H8NO3. The Morgan fingerprint density at radius 2 is 2.36 bits per heavy atom. The van der Waals surface area contributed by atoms with E-state index < -0.39 is 0 Å². The molecule has 0 aliphatic carbocycles. The Morgan fingerprint density at radius 3 is 2.91 bits per heavy atom. The first-order chi connectivity index (χ1) is 5.33. The van der Waals surface area contributed by atoms with Crippen LogP contribution in [0.3, 0.4) is 0 Å². The number of aliphatic hydroxyl groups excluding tert-OH is 1. The highest BCUT2D eigenvalue weighted by Gasteiger charge is 1.94. The van der Waals surface area contributed by atoms with E-state index in [-0.39, 0.29) is 19.0 Å². The van der Waals surface area contributed by atoms with Crippen molar-refractivity contribution in [2.24, 2.45) is 0 Å². The molecule has 1 radical (unpaired) electrons. The van der Waals surface area contributed by atoms with Crippen LogP contribution >= 0.6 is 0 Å². The smallest absolute Gasteiger partial charge is 0.213 e. The molecule has 11 heavy (non-hydrogen) atoms. The van der Waals surface area contributed by atoms with E-state index in [1.54, 1.807) is 0 Å². The van der Waals surface area contributed by atoms with Gasteiger partial charge in [0.25, 0.3) is 0 Å². The molecule has 0 saturated carbocycles. The van der Waals surface area contributed by atoms with Crippen LogP contribution in [0, 0.1) is 0 Å². The van der Waals surface area contributed by atoms with Crippen molar-refractivity contribution in [1.29, 1.82) is 0 Å². The molecule has 0 aliphatic heterocycles. The van der Waals surface area contributed by atoms with Gasteiger partial charge in [-0.3, -0.25) is 5.11 Å². The molecule has 0 fully saturated rings. The largest absolute Gasteiger partial charge is 0.475 e. The highest BCUT2D eigenvalue weighted by atomic mass is 16.5. The Balaban J connectivity index is 2.52. The van der Waals surface area contributed by atoms with Gasteiger partial charge in [-0.2, -0.15) is 0 Å². The van der Waals surface area contributed by atoms with Gasteiger partial charge >= 0.3 is 0 Å². The summed E-state index contributed by atoms with van der Waals surface area (Å²) in [6, 6.07) is 2.83. The Morgan fingerprint density at radius 1 is 1.55 bits per heavy atom. The van der Waals surface area contributed by atoms with Crippen LogP contribution in [0.25, 0.3) is 0 Å². The molecule has 0 saturated heterocycles. The number of aliphatic hydroxyl groups is 1. The Hall–Kier alpha value is -1.29. The zero-order valence-corrected chi connectivity index (χ0v) is 5.86. The highest BCUT2D eigenvalue weighted by molar-refractivity contribution is 5.20. The minimum absolute atomic E-state index is 0.0548. The zero-order valence-electron chi connectivity index (χ0n) is 5.86. The summed E-state index contributed by atoms with van der Waals surface area (Å²) >= 11 is 0. The molecule has 1 rings (SSSR count). The maximum absolute atomic E-state index is 10.5. The predicted molar refractivity (Wildman–Crippen MR) is 37.0 cm³/mol. The fourth-order valence-corrected chi connectivity index (χ4v) is 0.602. The van der Waals surface area contributed by atoms with E-state index in [1.807, 2.05) is 0 Å². The molecule has 0 unspecified atom stereocenters. The van der Waals surface area contributed by atoms with Gasteiger partial charge in [0.15, 0.2) is 5.75 Å². The van der Waals surface area contributed by atoms with Crippen molar-refractivity contribution in [2.45, 2.75) is 0 Å². The molecule has 1 heterocycles. The zero-order chi connectivity index (χ0) is 8.10. The molecule has 0 spiro atoms. The van der Waals surface area contributed by atoms with Gasteiger partial charge in [-0.15, -0.1) is 0 Å². The van der Waals surface area contributed by atoms with Crippen molar-refractivity contribution < 1.29 is 14.9 Å². The second-order valence-electron chi connectivity index (χ2n) is 1.90. The van der Waals surface area contributed by atoms with Crippen LogP contribution in [0.5, 0.6) is 11.6 Å². The van der Waals surface area contributed by atoms with Crippen molar-refractivity contribution >= 4 is 0 Å². The summed E-state index contributed by atoms with van der Waals surface area (Å²) in [5.74, 6) is 0.208. The molecule has 0 aliphatic rings. The van der Waals surface area contributed by atoms with E-state index in [9.17, 15) is 5.11 Å². The van der Waals surface area contributed by atoms with Gasteiger partial charge in [0.05, 0.1) is 12.8 Å². The van der Waals surface area contributed by atoms with E-state index in [0.29, 0.717) is 5.88 Å². The van der Waals surface area contributed by atoms with E-state index >= 15 is 0 Å². The average molecular weight is 154 g/mol. The van der Waals surface area contributed by atoms with Crippen LogP contribution in [0.1, 0.15) is 0 Å². The first-order valence-electron chi connectivity index (χ1n) is 3.19. The lowest BCUT2D eigenvalue weighted by Crippen LogP contribution is -2.02. The van der Waals surface area contributed by atoms with E-state index in [1.165, 1.54) is 18.3 Å². The maximum atomic E-state index is 10.5. The van der Waals surface area contributed by atoms with Crippen LogP contribution in [-0.4, -0.2) is 23.3 Å². The summed E-state index contributed by atoms with van der Waals surface area (Å²) in [4.78, 5) is 3.67. The number of hydrogen-bond acceptors (Lipinski definition) is 3. The van der Waals surface area contributed by atoms with Gasteiger partial charge in [-0.05, 0) is 6.07 Å². The van der Waals surface area contributed by atoms with Gasteiger partial charge in [-0.25, -0.2) is 4.98 Å². The number of hydrogen-bond donors (Lipinski definition) is 1. The number of nitrogens with zero attached hydrogens (tertiary/aromatic N) is 1. The number of aromatic nitrogens is 1. The third-order valence-electron chi connectivity index (χ3n) is 1.05. The Labute approximate surface area is 64.1 Å². The highest BCUT2D eigenvalue weighted by Crippen LogP contribution is 2.11. The summed E-state index contributed by atoms with van der Waals surface area (Å²) < 4.78 is 4.91. The van der Waals surface area contributed by atoms with Gasteiger partial charge < -0.3 is 9.84 Å². The summed E-state index contributed by atoms with van der Waals surface area (Å²) in [5.41, 5.74) is 0. The van der Waals surface area contributed by atoms with Gasteiger partial charge in [0.2, 0.25) is 5.88 Å². The molecular weight excluding hydrogens is 146 g/mol. The van der Waals surface area contributed by atoms with Crippen LogP contribution in [0.2, 0.25) is 0 Å². The van der Waals surface area contributed by atoms with E-state index in [4.69, 9.17) is 9.84 Å². The molecule has 0 amide bonds. The van der Waals surface area contributed by atoms with Crippen molar-refractivity contribution in [3.63, 3.8) is 0 Å². The first-order valence-corrected chi connectivity index (χ1v) is 3.19. The van der Waals surface area contributed by atoms with Crippen LogP contribution in [-0.2, 0) is 5.11 Å². The maximum Gasteiger partial charge on any atom is 0.213 e. The Kier molecular flexibility index (Phi) is 2.68. The van der Waals surface area contributed by atoms with Crippen molar-refractivity contribution in [3.05, 3.63) is 18.3 Å². The van der Waals surface area contributed by atoms with Crippen molar-refractivity contribution in [1.82, 2.24) is 4.98 Å². The fourth-order valence-electron chi connectivity index (χ4n) is 0.602. The number of rotatable bonds is 3. The van der Waals surface area contributed by atoms with Crippen molar-refractivity contribution in [3.8, 4) is 11.6 Å². The number of ether oxygens (including phenoxy) is 1. The SMILES string of the molecule is [O]c1ccc(OCCO)nc1.